The van der Waals surface area contributed by atoms with E-state index < -0.39 is 32.5 Å². The number of hydrogen-bond donors (Lipinski definition) is 2. The van der Waals surface area contributed by atoms with E-state index in [-0.39, 0.29) is 27.1 Å². The lowest BCUT2D eigenvalue weighted by Gasteiger charge is -2.22. The van der Waals surface area contributed by atoms with Gasteiger partial charge in [0.1, 0.15) is 18.1 Å². The lowest BCUT2D eigenvalue weighted by Crippen LogP contribution is -2.37. The van der Waals surface area contributed by atoms with Crippen molar-refractivity contribution in [2.75, 3.05) is 34.3 Å². The Labute approximate surface area is 202 Å². The Morgan fingerprint density at radius 1 is 1.06 bits per heavy atom. The smallest absolute Gasteiger partial charge is 0.263 e. The van der Waals surface area contributed by atoms with Crippen LogP contribution in [0.2, 0.25) is 5.02 Å². The standard InChI is InChI=1S/C21H21ClN4O6S2/c1-32-19-11-8-16(13-18(19)22)26(33(2,28)29)14-21(27)24-15-6-9-17(10-7-15)34(30,31)25-20-5-3-4-12-23-20/h3-13H,14H2,1-2H3,(H,23,25)(H,24,27). The molecule has 180 valence electrons. The molecule has 0 bridgehead atoms. The van der Waals surface area contributed by atoms with Crippen molar-refractivity contribution in [2.24, 2.45) is 0 Å². The molecule has 0 saturated heterocycles. The normalized spacial score (nSPS) is 11.5. The maximum Gasteiger partial charge on any atom is 0.263 e. The van der Waals surface area contributed by atoms with Gasteiger partial charge in [0.15, 0.2) is 0 Å². The Kier molecular flexibility index (Phi) is 7.64. The van der Waals surface area contributed by atoms with Gasteiger partial charge >= 0.3 is 0 Å². The molecule has 10 nitrogen and oxygen atoms in total. The number of carbonyl (C=O) groups is 1. The van der Waals surface area contributed by atoms with Crippen LogP contribution in [0, 0.1) is 0 Å². The van der Waals surface area contributed by atoms with E-state index in [4.69, 9.17) is 16.3 Å². The number of aromatic nitrogens is 1. The van der Waals surface area contributed by atoms with E-state index in [0.717, 1.165) is 10.6 Å². The van der Waals surface area contributed by atoms with Crippen molar-refractivity contribution in [3.05, 3.63) is 71.9 Å². The molecule has 1 amide bonds. The number of halogens is 1. The van der Waals surface area contributed by atoms with Crippen molar-refractivity contribution in [1.29, 1.82) is 0 Å². The van der Waals surface area contributed by atoms with Crippen LogP contribution in [0.1, 0.15) is 0 Å². The van der Waals surface area contributed by atoms with Crippen molar-refractivity contribution < 1.29 is 26.4 Å². The first-order chi connectivity index (χ1) is 16.0. The fourth-order valence-corrected chi connectivity index (χ4v) is 4.99. The maximum absolute atomic E-state index is 12.6. The molecule has 0 saturated carbocycles. The summed E-state index contributed by atoms with van der Waals surface area (Å²) in [6.45, 7) is -0.525. The fourth-order valence-electron chi connectivity index (χ4n) is 2.88. The molecule has 0 aliphatic carbocycles. The van der Waals surface area contributed by atoms with Crippen molar-refractivity contribution in [1.82, 2.24) is 4.98 Å². The van der Waals surface area contributed by atoms with E-state index in [1.807, 2.05) is 0 Å². The second kappa shape index (κ2) is 10.3. The van der Waals surface area contributed by atoms with Crippen LogP contribution in [0.25, 0.3) is 0 Å². The number of nitrogens with zero attached hydrogens (tertiary/aromatic N) is 2. The predicted molar refractivity (Wildman–Crippen MR) is 130 cm³/mol. The Morgan fingerprint density at radius 3 is 2.32 bits per heavy atom. The van der Waals surface area contributed by atoms with Crippen LogP contribution in [-0.4, -0.2) is 47.6 Å². The van der Waals surface area contributed by atoms with Crippen LogP contribution in [-0.2, 0) is 24.8 Å². The highest BCUT2D eigenvalue weighted by molar-refractivity contribution is 7.92. The SMILES string of the molecule is COc1ccc(N(CC(=O)Nc2ccc(S(=O)(=O)Nc3ccccn3)cc2)S(C)(=O)=O)cc1Cl. The number of hydrogen-bond acceptors (Lipinski definition) is 7. The van der Waals surface area contributed by atoms with Crippen LogP contribution in [0.4, 0.5) is 17.2 Å². The largest absolute Gasteiger partial charge is 0.495 e. The fraction of sp³-hybridized carbons (Fsp3) is 0.143. The molecule has 34 heavy (non-hydrogen) atoms. The first-order valence-corrected chi connectivity index (χ1v) is 13.4. The molecule has 0 aliphatic heterocycles. The van der Waals surface area contributed by atoms with Gasteiger partial charge in [-0.25, -0.2) is 21.8 Å². The number of sulfonamides is 2. The molecule has 0 unspecified atom stereocenters. The third kappa shape index (κ3) is 6.37. The highest BCUT2D eigenvalue weighted by Crippen LogP contribution is 2.30. The molecular weight excluding hydrogens is 504 g/mol. The number of carbonyl (C=O) groups excluding carboxylic acids is 1. The lowest BCUT2D eigenvalue weighted by molar-refractivity contribution is -0.114. The van der Waals surface area contributed by atoms with Gasteiger partial charge < -0.3 is 10.1 Å². The van der Waals surface area contributed by atoms with Gasteiger partial charge in [0.25, 0.3) is 10.0 Å². The molecule has 0 fully saturated rings. The minimum Gasteiger partial charge on any atom is -0.495 e. The van der Waals surface area contributed by atoms with E-state index in [1.165, 1.54) is 61.8 Å². The van der Waals surface area contributed by atoms with Crippen LogP contribution in [0.5, 0.6) is 5.75 Å². The van der Waals surface area contributed by atoms with E-state index in [1.54, 1.807) is 12.1 Å². The van der Waals surface area contributed by atoms with E-state index >= 15 is 0 Å². The first kappa shape index (κ1) is 25.3. The monoisotopic (exact) mass is 524 g/mol. The van der Waals surface area contributed by atoms with E-state index in [9.17, 15) is 21.6 Å². The third-order valence-corrected chi connectivity index (χ3v) is 7.27. The Bertz CT molecular complexity index is 1380. The van der Waals surface area contributed by atoms with Crippen molar-refractivity contribution in [3.63, 3.8) is 0 Å². The predicted octanol–water partition coefficient (Wildman–Crippen LogP) is 2.95. The van der Waals surface area contributed by atoms with Crippen molar-refractivity contribution in [3.8, 4) is 5.75 Å². The summed E-state index contributed by atoms with van der Waals surface area (Å²) in [5, 5.41) is 2.73. The van der Waals surface area contributed by atoms with Crippen LogP contribution in [0.3, 0.4) is 0 Å². The summed E-state index contributed by atoms with van der Waals surface area (Å²) in [6.07, 6.45) is 2.42. The van der Waals surface area contributed by atoms with Gasteiger partial charge in [-0.05, 0) is 54.6 Å². The van der Waals surface area contributed by atoms with Gasteiger partial charge in [0.05, 0.1) is 29.0 Å². The number of benzene rings is 2. The van der Waals surface area contributed by atoms with E-state index in [2.05, 4.69) is 15.0 Å². The summed E-state index contributed by atoms with van der Waals surface area (Å²) in [4.78, 5) is 16.4. The molecule has 1 heterocycles. The van der Waals surface area contributed by atoms with Crippen LogP contribution >= 0.6 is 11.6 Å². The first-order valence-electron chi connectivity index (χ1n) is 9.64. The Hall–Kier alpha value is -3.35. The number of amides is 1. The lowest BCUT2D eigenvalue weighted by atomic mass is 10.3. The summed E-state index contributed by atoms with van der Waals surface area (Å²) in [5.41, 5.74) is 0.466. The average molecular weight is 525 g/mol. The van der Waals surface area contributed by atoms with Crippen LogP contribution < -0.4 is 19.1 Å². The summed E-state index contributed by atoms with van der Waals surface area (Å²) in [5.74, 6) is -0.116. The molecule has 1 aromatic heterocycles. The zero-order chi connectivity index (χ0) is 24.9. The van der Waals surface area contributed by atoms with Gasteiger partial charge in [0.2, 0.25) is 15.9 Å². The second-order valence-electron chi connectivity index (χ2n) is 6.98. The van der Waals surface area contributed by atoms with Crippen molar-refractivity contribution >= 4 is 54.7 Å². The second-order valence-corrected chi connectivity index (χ2v) is 11.0. The molecule has 3 aromatic rings. The molecular formula is C21H21ClN4O6S2. The third-order valence-electron chi connectivity index (χ3n) is 4.46. The minimum absolute atomic E-state index is 0.0400. The number of rotatable bonds is 9. The van der Waals surface area contributed by atoms with Crippen molar-refractivity contribution in [2.45, 2.75) is 4.90 Å². The number of ether oxygens (including phenoxy) is 1. The Morgan fingerprint density at radius 2 is 1.76 bits per heavy atom. The molecule has 13 heteroatoms. The molecule has 0 aliphatic rings. The topological polar surface area (TPSA) is 135 Å². The molecule has 0 spiro atoms. The zero-order valence-corrected chi connectivity index (χ0v) is 20.5. The maximum atomic E-state index is 12.6. The van der Waals surface area contributed by atoms with Gasteiger partial charge in [-0.2, -0.15) is 0 Å². The van der Waals surface area contributed by atoms with Gasteiger partial charge in [-0.3, -0.25) is 13.8 Å². The highest BCUT2D eigenvalue weighted by atomic mass is 35.5. The molecule has 0 atom stereocenters. The zero-order valence-electron chi connectivity index (χ0n) is 18.1. The van der Waals surface area contributed by atoms with Gasteiger partial charge in [0, 0.05) is 11.9 Å². The molecule has 2 aromatic carbocycles. The summed E-state index contributed by atoms with van der Waals surface area (Å²) in [7, 11) is -6.27. The highest BCUT2D eigenvalue weighted by Gasteiger charge is 2.22. The van der Waals surface area contributed by atoms with E-state index in [0.29, 0.717) is 5.75 Å². The summed E-state index contributed by atoms with van der Waals surface area (Å²) in [6, 6.07) is 14.5. The quantitative estimate of drug-likeness (QED) is 0.439. The molecule has 2 N–H and O–H groups in total. The molecule has 0 radical (unpaired) electrons. The summed E-state index contributed by atoms with van der Waals surface area (Å²) < 4.78 is 57.8. The minimum atomic E-state index is -3.88. The number of nitrogens with one attached hydrogen (secondary N) is 2. The van der Waals surface area contributed by atoms with Crippen LogP contribution in [0.15, 0.2) is 71.8 Å². The summed E-state index contributed by atoms with van der Waals surface area (Å²) >= 11 is 6.09. The molecule has 3 rings (SSSR count). The number of methoxy groups -OCH3 is 1. The number of anilines is 3. The van der Waals surface area contributed by atoms with Gasteiger partial charge in [-0.1, -0.05) is 17.7 Å². The number of pyridine rings is 1. The average Bonchev–Trinajstić information content (AvgIpc) is 2.77. The Balaban J connectivity index is 1.72. The van der Waals surface area contributed by atoms with Gasteiger partial charge in [-0.15, -0.1) is 0 Å².